The number of carbonyl (C=O) groups excluding carboxylic acids is 1. The predicted octanol–water partition coefficient (Wildman–Crippen LogP) is 3.88. The largest absolute Gasteiger partial charge is 0.359 e. The SMILES string of the molecule is Cc1ccc(-c2cc(CN(C)CC(=O)Nc3ccc(Br)cn3)on2)cc1. The molecule has 0 saturated carbocycles. The highest BCUT2D eigenvalue weighted by Crippen LogP contribution is 2.20. The minimum atomic E-state index is -0.138. The maximum Gasteiger partial charge on any atom is 0.239 e. The molecule has 3 rings (SSSR count). The predicted molar refractivity (Wildman–Crippen MR) is 104 cm³/mol. The Labute approximate surface area is 160 Å². The summed E-state index contributed by atoms with van der Waals surface area (Å²) in [5.74, 6) is 1.09. The summed E-state index contributed by atoms with van der Waals surface area (Å²) in [6.45, 7) is 2.75. The molecule has 0 fully saturated rings. The number of nitrogens with zero attached hydrogens (tertiary/aromatic N) is 3. The first kappa shape index (κ1) is 18.3. The summed E-state index contributed by atoms with van der Waals surface area (Å²) in [7, 11) is 1.85. The van der Waals surface area contributed by atoms with Crippen LogP contribution in [0, 0.1) is 6.92 Å². The Balaban J connectivity index is 1.54. The second kappa shape index (κ2) is 8.25. The van der Waals surface area contributed by atoms with Gasteiger partial charge in [-0.1, -0.05) is 35.0 Å². The fraction of sp³-hybridized carbons (Fsp3) is 0.211. The van der Waals surface area contributed by atoms with E-state index in [0.717, 1.165) is 15.7 Å². The number of nitrogens with one attached hydrogen (secondary N) is 1. The molecule has 0 radical (unpaired) electrons. The quantitative estimate of drug-likeness (QED) is 0.662. The molecule has 1 amide bonds. The monoisotopic (exact) mass is 414 g/mol. The number of amides is 1. The van der Waals surface area contributed by atoms with Crippen LogP contribution in [-0.4, -0.2) is 34.5 Å². The third kappa shape index (κ3) is 5.00. The van der Waals surface area contributed by atoms with Crippen molar-refractivity contribution in [3.8, 4) is 11.3 Å². The van der Waals surface area contributed by atoms with Crippen LogP contribution in [0.5, 0.6) is 0 Å². The summed E-state index contributed by atoms with van der Waals surface area (Å²) >= 11 is 3.31. The van der Waals surface area contributed by atoms with Gasteiger partial charge in [0.15, 0.2) is 5.76 Å². The van der Waals surface area contributed by atoms with Gasteiger partial charge in [0.25, 0.3) is 0 Å². The van der Waals surface area contributed by atoms with E-state index in [1.165, 1.54) is 5.56 Å². The third-order valence-corrected chi connectivity index (χ3v) is 4.21. The first-order chi connectivity index (χ1) is 12.5. The molecule has 1 N–H and O–H groups in total. The van der Waals surface area contributed by atoms with Crippen LogP contribution in [0.25, 0.3) is 11.3 Å². The standard InChI is InChI=1S/C19H19BrN4O2/c1-13-3-5-14(6-4-13)17-9-16(26-23-17)11-24(2)12-19(25)22-18-8-7-15(20)10-21-18/h3-10H,11-12H2,1-2H3,(H,21,22,25). The van der Waals surface area contributed by atoms with Crippen molar-refractivity contribution in [1.29, 1.82) is 0 Å². The molecule has 0 aliphatic rings. The van der Waals surface area contributed by atoms with Crippen molar-refractivity contribution in [3.63, 3.8) is 0 Å². The van der Waals surface area contributed by atoms with Crippen molar-refractivity contribution in [3.05, 3.63) is 64.5 Å². The molecular formula is C19H19BrN4O2. The van der Waals surface area contributed by atoms with Gasteiger partial charge in [0.05, 0.1) is 13.1 Å². The fourth-order valence-electron chi connectivity index (χ4n) is 2.45. The molecule has 2 heterocycles. The molecule has 0 aliphatic heterocycles. The second-order valence-corrected chi connectivity index (χ2v) is 7.04. The molecule has 0 unspecified atom stereocenters. The Bertz CT molecular complexity index is 875. The molecule has 0 aliphatic carbocycles. The first-order valence-corrected chi connectivity index (χ1v) is 8.91. The van der Waals surface area contributed by atoms with Gasteiger partial charge in [0.2, 0.25) is 5.91 Å². The topological polar surface area (TPSA) is 71.3 Å². The number of anilines is 1. The average Bonchev–Trinajstić information content (AvgIpc) is 3.05. The molecule has 6 nitrogen and oxygen atoms in total. The number of halogens is 1. The Hall–Kier alpha value is -2.51. The van der Waals surface area contributed by atoms with Crippen molar-refractivity contribution in [1.82, 2.24) is 15.0 Å². The molecule has 0 spiro atoms. The van der Waals surface area contributed by atoms with Gasteiger partial charge < -0.3 is 9.84 Å². The van der Waals surface area contributed by atoms with E-state index in [9.17, 15) is 4.79 Å². The van der Waals surface area contributed by atoms with Crippen LogP contribution in [0.2, 0.25) is 0 Å². The van der Waals surface area contributed by atoms with E-state index < -0.39 is 0 Å². The van der Waals surface area contributed by atoms with Gasteiger partial charge in [-0.3, -0.25) is 9.69 Å². The van der Waals surface area contributed by atoms with Crippen LogP contribution in [0.1, 0.15) is 11.3 Å². The van der Waals surface area contributed by atoms with Crippen LogP contribution >= 0.6 is 15.9 Å². The lowest BCUT2D eigenvalue weighted by molar-refractivity contribution is -0.117. The van der Waals surface area contributed by atoms with Crippen LogP contribution in [0.15, 0.2) is 57.7 Å². The molecule has 1 aromatic carbocycles. The highest BCUT2D eigenvalue weighted by Gasteiger charge is 2.12. The van der Waals surface area contributed by atoms with Gasteiger partial charge in [-0.2, -0.15) is 0 Å². The second-order valence-electron chi connectivity index (χ2n) is 6.13. The zero-order chi connectivity index (χ0) is 18.5. The number of pyridine rings is 1. The fourth-order valence-corrected chi connectivity index (χ4v) is 2.68. The van der Waals surface area contributed by atoms with Gasteiger partial charge in [-0.25, -0.2) is 4.98 Å². The summed E-state index contributed by atoms with van der Waals surface area (Å²) in [5.41, 5.74) is 2.99. The zero-order valence-electron chi connectivity index (χ0n) is 14.6. The van der Waals surface area contributed by atoms with Crippen molar-refractivity contribution < 1.29 is 9.32 Å². The molecule has 2 aromatic heterocycles. The zero-order valence-corrected chi connectivity index (χ0v) is 16.2. The normalized spacial score (nSPS) is 10.9. The van der Waals surface area contributed by atoms with Gasteiger partial charge >= 0.3 is 0 Å². The van der Waals surface area contributed by atoms with E-state index in [2.05, 4.69) is 31.4 Å². The molecular weight excluding hydrogens is 396 g/mol. The lowest BCUT2D eigenvalue weighted by Gasteiger charge is -2.14. The maximum atomic E-state index is 12.1. The van der Waals surface area contributed by atoms with Gasteiger partial charge in [0.1, 0.15) is 11.5 Å². The number of hydrogen-bond donors (Lipinski definition) is 1. The molecule has 26 heavy (non-hydrogen) atoms. The molecule has 7 heteroatoms. The molecule has 134 valence electrons. The Morgan fingerprint density at radius 1 is 1.23 bits per heavy atom. The van der Waals surface area contributed by atoms with E-state index in [1.54, 1.807) is 12.3 Å². The van der Waals surface area contributed by atoms with E-state index in [1.807, 2.05) is 55.3 Å². The number of rotatable bonds is 6. The van der Waals surface area contributed by atoms with E-state index in [0.29, 0.717) is 18.1 Å². The van der Waals surface area contributed by atoms with Crippen molar-refractivity contribution in [2.45, 2.75) is 13.5 Å². The average molecular weight is 415 g/mol. The van der Waals surface area contributed by atoms with E-state index in [4.69, 9.17) is 4.52 Å². The van der Waals surface area contributed by atoms with E-state index in [-0.39, 0.29) is 12.5 Å². The van der Waals surface area contributed by atoms with Crippen LogP contribution in [0.4, 0.5) is 5.82 Å². The van der Waals surface area contributed by atoms with Crippen molar-refractivity contribution >= 4 is 27.7 Å². The summed E-state index contributed by atoms with van der Waals surface area (Å²) < 4.78 is 6.26. The molecule has 0 atom stereocenters. The number of hydrogen-bond acceptors (Lipinski definition) is 5. The van der Waals surface area contributed by atoms with Crippen molar-refractivity contribution in [2.24, 2.45) is 0 Å². The van der Waals surface area contributed by atoms with Gasteiger partial charge in [-0.15, -0.1) is 0 Å². The van der Waals surface area contributed by atoms with Crippen LogP contribution < -0.4 is 5.32 Å². The maximum absolute atomic E-state index is 12.1. The third-order valence-electron chi connectivity index (χ3n) is 3.74. The number of carbonyl (C=O) groups is 1. The smallest absolute Gasteiger partial charge is 0.239 e. The minimum Gasteiger partial charge on any atom is -0.359 e. The summed E-state index contributed by atoms with van der Waals surface area (Å²) in [6, 6.07) is 13.6. The highest BCUT2D eigenvalue weighted by molar-refractivity contribution is 9.10. The Kier molecular flexibility index (Phi) is 5.80. The van der Waals surface area contributed by atoms with Gasteiger partial charge in [0, 0.05) is 22.3 Å². The molecule has 0 bridgehead atoms. The minimum absolute atomic E-state index is 0.138. The van der Waals surface area contributed by atoms with Crippen LogP contribution in [0.3, 0.4) is 0 Å². The lowest BCUT2D eigenvalue weighted by Crippen LogP contribution is -2.29. The van der Waals surface area contributed by atoms with Crippen LogP contribution in [-0.2, 0) is 11.3 Å². The van der Waals surface area contributed by atoms with Gasteiger partial charge in [-0.05, 0) is 42.0 Å². The summed E-state index contributed by atoms with van der Waals surface area (Å²) in [6.07, 6.45) is 1.64. The lowest BCUT2D eigenvalue weighted by atomic mass is 10.1. The summed E-state index contributed by atoms with van der Waals surface area (Å²) in [5, 5.41) is 6.87. The number of aromatic nitrogens is 2. The molecule has 3 aromatic rings. The van der Waals surface area contributed by atoms with Crippen molar-refractivity contribution in [2.75, 3.05) is 18.9 Å². The summed E-state index contributed by atoms with van der Waals surface area (Å²) in [4.78, 5) is 18.1. The van der Waals surface area contributed by atoms with E-state index >= 15 is 0 Å². The highest BCUT2D eigenvalue weighted by atomic mass is 79.9. The Morgan fingerprint density at radius 3 is 2.69 bits per heavy atom. The number of likely N-dealkylation sites (N-methyl/N-ethyl adjacent to an activating group) is 1. The number of benzene rings is 1. The Morgan fingerprint density at radius 2 is 2.00 bits per heavy atom. The number of aryl methyl sites for hydroxylation is 1. The molecule has 0 saturated heterocycles. The first-order valence-electron chi connectivity index (χ1n) is 8.12.